The van der Waals surface area contributed by atoms with E-state index in [1.807, 2.05) is 31.2 Å². The highest BCUT2D eigenvalue weighted by Crippen LogP contribution is 2.28. The first kappa shape index (κ1) is 21.3. The predicted octanol–water partition coefficient (Wildman–Crippen LogP) is 2.97. The van der Waals surface area contributed by atoms with Crippen molar-refractivity contribution < 1.29 is 13.2 Å². The maximum absolute atomic E-state index is 13.1. The highest BCUT2D eigenvalue weighted by atomic mass is 32.2. The topological polar surface area (TPSA) is 87.7 Å². The summed E-state index contributed by atoms with van der Waals surface area (Å²) >= 11 is 0. The normalized spacial score (nSPS) is 15.2. The molecule has 2 heterocycles. The highest BCUT2D eigenvalue weighted by Gasteiger charge is 2.24. The second-order valence-electron chi connectivity index (χ2n) is 7.32. The van der Waals surface area contributed by atoms with E-state index >= 15 is 0 Å². The average molecular weight is 442 g/mol. The van der Waals surface area contributed by atoms with Crippen LogP contribution in [0.3, 0.4) is 0 Å². The second-order valence-corrected chi connectivity index (χ2v) is 9.00. The fraction of sp³-hybridized carbons (Fsp3) is 0.364. The third kappa shape index (κ3) is 4.72. The molecule has 0 unspecified atom stereocenters. The molecule has 0 atom stereocenters. The molecule has 31 heavy (non-hydrogen) atoms. The minimum Gasteiger partial charge on any atom is -0.494 e. The van der Waals surface area contributed by atoms with Crippen LogP contribution in [0.15, 0.2) is 53.4 Å². The fourth-order valence-corrected chi connectivity index (χ4v) is 4.63. The summed E-state index contributed by atoms with van der Waals surface area (Å²) < 4.78 is 34.3. The second kappa shape index (κ2) is 9.07. The molecule has 2 aromatic carbocycles. The number of hydrogen-bond donors (Lipinski definition) is 1. The fourth-order valence-electron chi connectivity index (χ4n) is 3.62. The van der Waals surface area contributed by atoms with Crippen molar-refractivity contribution in [2.45, 2.75) is 18.7 Å². The van der Waals surface area contributed by atoms with Crippen molar-refractivity contribution in [3.05, 3.63) is 48.5 Å². The Morgan fingerprint density at radius 3 is 2.19 bits per heavy atom. The first-order valence-electron chi connectivity index (χ1n) is 10.5. The molecule has 0 aliphatic carbocycles. The van der Waals surface area contributed by atoms with E-state index in [0.717, 1.165) is 38.2 Å². The predicted molar refractivity (Wildman–Crippen MR) is 122 cm³/mol. The number of aromatic nitrogens is 2. The lowest BCUT2D eigenvalue weighted by molar-refractivity contribution is 0.270. The van der Waals surface area contributed by atoms with Gasteiger partial charge in [0.05, 0.1) is 22.5 Å². The van der Waals surface area contributed by atoms with Gasteiger partial charge in [-0.3, -0.25) is 4.72 Å². The van der Waals surface area contributed by atoms with Crippen LogP contribution in [0.5, 0.6) is 5.75 Å². The zero-order chi connectivity index (χ0) is 21.8. The number of nitrogens with zero attached hydrogens (tertiary/aromatic N) is 4. The van der Waals surface area contributed by atoms with Gasteiger partial charge in [0.2, 0.25) is 0 Å². The first-order chi connectivity index (χ1) is 15.0. The number of anilines is 2. The van der Waals surface area contributed by atoms with Gasteiger partial charge in [-0.2, -0.15) is 0 Å². The molecular weight excluding hydrogens is 414 g/mol. The van der Waals surface area contributed by atoms with Crippen LogP contribution in [0.4, 0.5) is 11.6 Å². The van der Waals surface area contributed by atoms with Crippen molar-refractivity contribution in [2.24, 2.45) is 0 Å². The van der Waals surface area contributed by atoms with E-state index in [-0.39, 0.29) is 10.7 Å². The molecule has 1 aliphatic rings. The Morgan fingerprint density at radius 1 is 0.935 bits per heavy atom. The Labute approximate surface area is 182 Å². The molecule has 0 saturated carbocycles. The summed E-state index contributed by atoms with van der Waals surface area (Å²) in [5.74, 6) is 1.43. The maximum Gasteiger partial charge on any atom is 0.263 e. The van der Waals surface area contributed by atoms with Gasteiger partial charge in [-0.25, -0.2) is 18.4 Å². The van der Waals surface area contributed by atoms with Gasteiger partial charge in [-0.05, 0) is 49.9 Å². The van der Waals surface area contributed by atoms with Crippen LogP contribution in [0.2, 0.25) is 0 Å². The lowest BCUT2D eigenvalue weighted by atomic mass is 10.3. The Hall–Kier alpha value is -2.91. The standard InChI is InChI=1S/C22H27N5O3S/c1-3-26-13-15-27(16-14-26)22-21(23-19-7-5-6-8-20(19)24-22)25-31(28,29)18-11-9-17(10-12-18)30-4-2/h5-12H,3-4,13-16H2,1-2H3,(H,23,25). The molecule has 3 aromatic rings. The number of likely N-dealkylation sites (N-methyl/N-ethyl adjacent to an activating group) is 1. The van der Waals surface area contributed by atoms with E-state index in [2.05, 4.69) is 26.4 Å². The molecule has 0 amide bonds. The zero-order valence-corrected chi connectivity index (χ0v) is 18.6. The minimum absolute atomic E-state index is 0.146. The van der Waals surface area contributed by atoms with Crippen LogP contribution in [0.1, 0.15) is 13.8 Å². The summed E-state index contributed by atoms with van der Waals surface area (Å²) in [5.41, 5.74) is 1.38. The molecule has 1 aromatic heterocycles. The molecule has 0 spiro atoms. The largest absolute Gasteiger partial charge is 0.494 e. The van der Waals surface area contributed by atoms with E-state index in [1.54, 1.807) is 12.1 Å². The van der Waals surface area contributed by atoms with Gasteiger partial charge in [0.25, 0.3) is 10.0 Å². The van der Waals surface area contributed by atoms with Gasteiger partial charge in [0.15, 0.2) is 11.6 Å². The van der Waals surface area contributed by atoms with E-state index in [4.69, 9.17) is 9.72 Å². The maximum atomic E-state index is 13.1. The number of ether oxygens (including phenoxy) is 1. The van der Waals surface area contributed by atoms with Crippen LogP contribution < -0.4 is 14.4 Å². The summed E-state index contributed by atoms with van der Waals surface area (Å²) in [5, 5.41) is 0. The first-order valence-corrected chi connectivity index (χ1v) is 12.0. The SMILES string of the molecule is CCOc1ccc(S(=O)(=O)Nc2nc3ccccc3nc2N2CCN(CC)CC2)cc1. The van der Waals surface area contributed by atoms with Gasteiger partial charge in [-0.15, -0.1) is 0 Å². The Bertz CT molecular complexity index is 1140. The molecule has 164 valence electrons. The number of piperazine rings is 1. The molecular formula is C22H27N5O3S. The van der Waals surface area contributed by atoms with E-state index in [0.29, 0.717) is 23.7 Å². The van der Waals surface area contributed by atoms with Crippen molar-refractivity contribution in [1.82, 2.24) is 14.9 Å². The van der Waals surface area contributed by atoms with Gasteiger partial charge in [0.1, 0.15) is 5.75 Å². The van der Waals surface area contributed by atoms with Crippen LogP contribution >= 0.6 is 0 Å². The van der Waals surface area contributed by atoms with E-state index < -0.39 is 10.0 Å². The van der Waals surface area contributed by atoms with Gasteiger partial charge >= 0.3 is 0 Å². The van der Waals surface area contributed by atoms with Gasteiger partial charge < -0.3 is 14.5 Å². The van der Waals surface area contributed by atoms with Gasteiger partial charge in [0, 0.05) is 26.2 Å². The van der Waals surface area contributed by atoms with Crippen LogP contribution in [-0.2, 0) is 10.0 Å². The number of hydrogen-bond acceptors (Lipinski definition) is 7. The monoisotopic (exact) mass is 441 g/mol. The minimum atomic E-state index is -3.84. The third-order valence-electron chi connectivity index (χ3n) is 5.35. The molecule has 0 bridgehead atoms. The van der Waals surface area contributed by atoms with Crippen LogP contribution in [-0.4, -0.2) is 62.6 Å². The third-order valence-corrected chi connectivity index (χ3v) is 6.70. The van der Waals surface area contributed by atoms with Crippen molar-refractivity contribution in [3.8, 4) is 5.75 Å². The lowest BCUT2D eigenvalue weighted by Gasteiger charge is -2.35. The molecule has 1 aliphatic heterocycles. The Kier molecular flexibility index (Phi) is 6.24. The summed E-state index contributed by atoms with van der Waals surface area (Å²) in [6.45, 7) is 8.86. The zero-order valence-electron chi connectivity index (χ0n) is 17.8. The average Bonchev–Trinajstić information content (AvgIpc) is 2.79. The molecule has 0 radical (unpaired) electrons. The molecule has 1 saturated heterocycles. The number of benzene rings is 2. The van der Waals surface area contributed by atoms with Crippen molar-refractivity contribution in [2.75, 3.05) is 49.0 Å². The van der Waals surface area contributed by atoms with Crippen LogP contribution in [0, 0.1) is 0 Å². The molecule has 8 nitrogen and oxygen atoms in total. The van der Waals surface area contributed by atoms with E-state index in [1.165, 1.54) is 12.1 Å². The summed E-state index contributed by atoms with van der Waals surface area (Å²) in [7, 11) is -3.84. The lowest BCUT2D eigenvalue weighted by Crippen LogP contribution is -2.46. The summed E-state index contributed by atoms with van der Waals surface area (Å²) in [4.78, 5) is 14.0. The summed E-state index contributed by atoms with van der Waals surface area (Å²) in [6, 6.07) is 13.8. The quantitative estimate of drug-likeness (QED) is 0.603. The highest BCUT2D eigenvalue weighted by molar-refractivity contribution is 7.92. The molecule has 1 N–H and O–H groups in total. The number of sulfonamides is 1. The number of fused-ring (bicyclic) bond motifs is 1. The Morgan fingerprint density at radius 2 is 1.58 bits per heavy atom. The van der Waals surface area contributed by atoms with Crippen molar-refractivity contribution >= 4 is 32.7 Å². The molecule has 9 heteroatoms. The number of para-hydroxylation sites is 2. The molecule has 1 fully saturated rings. The Balaban J connectivity index is 1.68. The van der Waals surface area contributed by atoms with Crippen molar-refractivity contribution in [3.63, 3.8) is 0 Å². The number of rotatable bonds is 7. The molecule has 4 rings (SSSR count). The van der Waals surface area contributed by atoms with Crippen LogP contribution in [0.25, 0.3) is 11.0 Å². The van der Waals surface area contributed by atoms with Crippen molar-refractivity contribution in [1.29, 1.82) is 0 Å². The smallest absolute Gasteiger partial charge is 0.263 e. The van der Waals surface area contributed by atoms with Gasteiger partial charge in [-0.1, -0.05) is 19.1 Å². The number of nitrogens with one attached hydrogen (secondary N) is 1. The summed E-state index contributed by atoms with van der Waals surface area (Å²) in [6.07, 6.45) is 0. The van der Waals surface area contributed by atoms with E-state index in [9.17, 15) is 8.42 Å².